The fourth-order valence-corrected chi connectivity index (χ4v) is 12.4. The zero-order valence-corrected chi connectivity index (χ0v) is 35.3. The van der Waals surface area contributed by atoms with Gasteiger partial charge in [0.2, 0.25) is 0 Å². The molecular formula is C43H64N10OS2. The summed E-state index contributed by atoms with van der Waals surface area (Å²) in [5.74, 6) is 1.55. The number of ketones is 1. The highest BCUT2D eigenvalue weighted by atomic mass is 32.1. The van der Waals surface area contributed by atoms with Gasteiger partial charge in [0.05, 0.1) is 11.4 Å². The predicted molar refractivity (Wildman–Crippen MR) is 229 cm³/mol. The fraction of sp³-hybridized carbons (Fsp3) is 0.651. The summed E-state index contributed by atoms with van der Waals surface area (Å²) >= 11 is 3.37. The van der Waals surface area contributed by atoms with Crippen LogP contribution >= 0.6 is 22.7 Å². The number of thiazole rings is 2. The lowest BCUT2D eigenvalue weighted by atomic mass is 9.88. The third-order valence-electron chi connectivity index (χ3n) is 13.3. The number of nitrogens with one attached hydrogen (secondary N) is 2. The molecule has 56 heavy (non-hydrogen) atoms. The maximum Gasteiger partial charge on any atom is 0.180 e. The first kappa shape index (κ1) is 39.7. The van der Waals surface area contributed by atoms with Crippen molar-refractivity contribution in [2.75, 3.05) is 63.8 Å². The van der Waals surface area contributed by atoms with Crippen LogP contribution in [0.25, 0.3) is 0 Å². The van der Waals surface area contributed by atoms with Crippen molar-refractivity contribution < 1.29 is 4.79 Å². The van der Waals surface area contributed by atoms with Gasteiger partial charge in [-0.05, 0) is 152 Å². The number of aromatic amines is 2. The number of aryl methyl sites for hydroxylation is 2. The quantitative estimate of drug-likeness (QED) is 0.0972. The molecule has 11 nitrogen and oxygen atoms in total. The summed E-state index contributed by atoms with van der Waals surface area (Å²) in [6.07, 6.45) is 17.3. The molecule has 0 amide bonds. The van der Waals surface area contributed by atoms with Crippen LogP contribution in [-0.2, 0) is 30.5 Å². The van der Waals surface area contributed by atoms with Crippen molar-refractivity contribution in [2.45, 2.75) is 115 Å². The van der Waals surface area contributed by atoms with Gasteiger partial charge in [0, 0.05) is 58.7 Å². The van der Waals surface area contributed by atoms with E-state index in [-0.39, 0.29) is 17.9 Å². The number of aromatic nitrogens is 4. The summed E-state index contributed by atoms with van der Waals surface area (Å²) in [6, 6.07) is 8.87. The number of Topliss-reactive ketones (excluding diaryl/α,β-unsaturated/α-hetero) is 1. The molecular weight excluding hydrogens is 737 g/mol. The number of carbonyl (C=O) groups is 1. The van der Waals surface area contributed by atoms with Crippen molar-refractivity contribution in [1.29, 1.82) is 0 Å². The van der Waals surface area contributed by atoms with Gasteiger partial charge in [-0.25, -0.2) is 9.97 Å². The van der Waals surface area contributed by atoms with Crippen LogP contribution in [0.4, 0.5) is 10.3 Å². The molecule has 2 aliphatic heterocycles. The van der Waals surface area contributed by atoms with Crippen molar-refractivity contribution in [3.63, 3.8) is 0 Å². The highest BCUT2D eigenvalue weighted by Gasteiger charge is 2.41. The van der Waals surface area contributed by atoms with Crippen molar-refractivity contribution in [3.05, 3.63) is 69.2 Å². The summed E-state index contributed by atoms with van der Waals surface area (Å²) in [5.41, 5.74) is 16.7. The van der Waals surface area contributed by atoms with Gasteiger partial charge in [-0.15, -0.1) is 22.7 Å². The molecule has 0 radical (unpaired) electrons. The first-order valence-electron chi connectivity index (χ1n) is 21.6. The number of anilines is 2. The average molecular weight is 801 g/mol. The van der Waals surface area contributed by atoms with E-state index in [9.17, 15) is 0 Å². The fourth-order valence-electron chi connectivity index (χ4n) is 10.5. The number of H-pyrrole nitrogens is 2. The lowest BCUT2D eigenvalue weighted by Gasteiger charge is -2.43. The third kappa shape index (κ3) is 8.98. The number of likely N-dealkylation sites (tertiary alicyclic amines) is 2. The van der Waals surface area contributed by atoms with E-state index in [0.29, 0.717) is 34.2 Å². The normalized spacial score (nSPS) is 22.7. The van der Waals surface area contributed by atoms with Gasteiger partial charge in [0.25, 0.3) is 0 Å². The van der Waals surface area contributed by atoms with Crippen LogP contribution in [0.5, 0.6) is 0 Å². The molecule has 6 N–H and O–H groups in total. The van der Waals surface area contributed by atoms with Crippen LogP contribution in [0.15, 0.2) is 36.7 Å². The monoisotopic (exact) mass is 800 g/mol. The topological polar surface area (TPSA) is 139 Å². The van der Waals surface area contributed by atoms with Gasteiger partial charge in [-0.2, -0.15) is 0 Å². The Morgan fingerprint density at radius 1 is 0.732 bits per heavy atom. The summed E-state index contributed by atoms with van der Waals surface area (Å²) in [4.78, 5) is 44.6. The lowest BCUT2D eigenvalue weighted by Crippen LogP contribution is -2.49. The van der Waals surface area contributed by atoms with E-state index in [0.717, 1.165) is 141 Å². The molecule has 4 aromatic rings. The maximum absolute atomic E-state index is 15.2. The Balaban J connectivity index is 0.913. The number of nitrogens with two attached hydrogens (primary N) is 2. The largest absolute Gasteiger partial charge is 0.375 e. The van der Waals surface area contributed by atoms with Gasteiger partial charge in [0.15, 0.2) is 16.0 Å². The first-order chi connectivity index (χ1) is 27.4. The molecule has 0 aromatic carbocycles. The van der Waals surface area contributed by atoms with Gasteiger partial charge in [-0.3, -0.25) is 24.4 Å². The molecule has 0 bridgehead atoms. The van der Waals surface area contributed by atoms with Gasteiger partial charge in [-0.1, -0.05) is 13.8 Å². The Labute approximate surface area is 341 Å². The Hall–Kier alpha value is -3.07. The lowest BCUT2D eigenvalue weighted by molar-refractivity contribution is -0.132. The van der Waals surface area contributed by atoms with E-state index in [1.165, 1.54) is 21.1 Å². The van der Waals surface area contributed by atoms with E-state index in [2.05, 4.69) is 65.5 Å². The zero-order valence-electron chi connectivity index (χ0n) is 33.6. The van der Waals surface area contributed by atoms with Crippen molar-refractivity contribution in [2.24, 2.45) is 11.8 Å². The predicted octanol–water partition coefficient (Wildman–Crippen LogP) is 6.73. The van der Waals surface area contributed by atoms with Crippen molar-refractivity contribution in [3.8, 4) is 0 Å². The summed E-state index contributed by atoms with van der Waals surface area (Å²) in [7, 11) is 0. The molecule has 6 heterocycles. The second-order valence-electron chi connectivity index (χ2n) is 17.0. The minimum Gasteiger partial charge on any atom is -0.375 e. The summed E-state index contributed by atoms with van der Waals surface area (Å²) in [6.45, 7) is 12.9. The average Bonchev–Trinajstić information content (AvgIpc) is 4.04. The molecule has 8 rings (SSSR count). The molecule has 2 saturated heterocycles. The Morgan fingerprint density at radius 2 is 1.16 bits per heavy atom. The van der Waals surface area contributed by atoms with Crippen LogP contribution in [0.3, 0.4) is 0 Å². The van der Waals surface area contributed by atoms with Gasteiger partial charge >= 0.3 is 0 Å². The van der Waals surface area contributed by atoms with Crippen LogP contribution < -0.4 is 11.5 Å². The number of hydrogen-bond acceptors (Lipinski definition) is 11. The van der Waals surface area contributed by atoms with E-state index in [1.807, 2.05) is 24.5 Å². The van der Waals surface area contributed by atoms with E-state index in [4.69, 9.17) is 11.5 Å². The smallest absolute Gasteiger partial charge is 0.180 e. The number of nitrogen functional groups attached to an aromatic ring is 2. The van der Waals surface area contributed by atoms with Gasteiger partial charge < -0.3 is 21.4 Å². The number of nitrogens with zero attached hydrogens (tertiary/aromatic N) is 6. The molecule has 2 unspecified atom stereocenters. The Kier molecular flexibility index (Phi) is 12.9. The Bertz CT molecular complexity index is 1690. The number of fused-ring (bicyclic) bond motifs is 2. The Morgan fingerprint density at radius 3 is 1.54 bits per heavy atom. The van der Waals surface area contributed by atoms with E-state index >= 15 is 4.79 Å². The molecule has 4 atom stereocenters. The number of carbonyl (C=O) groups excluding carboxylic acids is 1. The van der Waals surface area contributed by atoms with Crippen molar-refractivity contribution >= 4 is 38.7 Å². The standard InChI is InChI=1S/C43H64N10OS2/c1-3-19-52(31-9-11-33-37(25-31)55-42(44)48-33)27-29-13-21-50(22-14-29)39(35-7-5-17-46-35)41(54)40(36-8-6-18-47-36)51-23-15-30(16-24-51)28-53(20-4-2)32-10-12-34-38(26-32)56-43(45)49-34/h5-8,17-18,29-32,39-40,46-47H,3-4,9-16,19-28H2,1-2H3,(H2,44,48)(H2,45,49)/t31?,32?,39-,40-/m0/s1. The molecule has 13 heteroatoms. The second-order valence-corrected chi connectivity index (χ2v) is 19.3. The highest BCUT2D eigenvalue weighted by molar-refractivity contribution is 7.15. The molecule has 0 saturated carbocycles. The van der Waals surface area contributed by atoms with Crippen LogP contribution in [0.2, 0.25) is 0 Å². The van der Waals surface area contributed by atoms with Crippen molar-refractivity contribution in [1.82, 2.24) is 39.5 Å². The number of rotatable bonds is 16. The second kappa shape index (κ2) is 18.2. The van der Waals surface area contributed by atoms with Crippen LogP contribution in [0.1, 0.15) is 110 Å². The molecule has 304 valence electrons. The molecule has 4 aromatic heterocycles. The van der Waals surface area contributed by atoms with Crippen LogP contribution in [0, 0.1) is 11.8 Å². The number of hydrogen-bond donors (Lipinski definition) is 4. The maximum atomic E-state index is 15.2. The highest BCUT2D eigenvalue weighted by Crippen LogP contribution is 2.38. The van der Waals surface area contributed by atoms with E-state index in [1.54, 1.807) is 22.7 Å². The molecule has 2 fully saturated rings. The zero-order chi connectivity index (χ0) is 38.6. The van der Waals surface area contributed by atoms with E-state index < -0.39 is 0 Å². The molecule has 0 spiro atoms. The number of piperidine rings is 2. The third-order valence-corrected chi connectivity index (χ3v) is 15.2. The summed E-state index contributed by atoms with van der Waals surface area (Å²) < 4.78 is 0. The summed E-state index contributed by atoms with van der Waals surface area (Å²) in [5, 5.41) is 1.43. The molecule has 4 aliphatic rings. The van der Waals surface area contributed by atoms with Crippen LogP contribution in [-0.4, -0.2) is 110 Å². The molecule has 2 aliphatic carbocycles. The SMILES string of the molecule is CCCN(CC1CCN([C@H](C(=O)[C@H](c2ccc[nH]2)N2CCC(CN(CCC)C3CCc4nc(N)sc4C3)CC2)c2ccc[nH]2)CC1)C1CCc2nc(N)sc2C1. The van der Waals surface area contributed by atoms with Gasteiger partial charge in [0.1, 0.15) is 12.1 Å². The minimum atomic E-state index is -0.297. The first-order valence-corrected chi connectivity index (χ1v) is 23.2. The minimum absolute atomic E-state index is 0.288.